The Morgan fingerprint density at radius 2 is 2.00 bits per heavy atom. The van der Waals surface area contributed by atoms with Crippen LogP contribution in [-0.2, 0) is 16.0 Å². The molecule has 23 heavy (non-hydrogen) atoms. The molecule has 0 radical (unpaired) electrons. The summed E-state index contributed by atoms with van der Waals surface area (Å²) in [6, 6.07) is 8.16. The molecule has 2 aliphatic rings. The standard InChI is InChI=1S/C18H25ClN2O2/c19-17-6-2-1-4-15(17)7-8-18(22)21-9-3-5-16(21)14-20-10-12-23-13-11-20/h1-2,4,6,16H,3,5,7-14H2. The van der Waals surface area contributed by atoms with Crippen molar-refractivity contribution >= 4 is 17.5 Å². The van der Waals surface area contributed by atoms with E-state index < -0.39 is 0 Å². The molecule has 2 fully saturated rings. The summed E-state index contributed by atoms with van der Waals surface area (Å²) < 4.78 is 5.40. The topological polar surface area (TPSA) is 32.8 Å². The number of amides is 1. The van der Waals surface area contributed by atoms with Crippen molar-refractivity contribution in [3.63, 3.8) is 0 Å². The summed E-state index contributed by atoms with van der Waals surface area (Å²) in [7, 11) is 0. The van der Waals surface area contributed by atoms with E-state index in [1.54, 1.807) is 0 Å². The van der Waals surface area contributed by atoms with Crippen molar-refractivity contribution in [1.29, 1.82) is 0 Å². The van der Waals surface area contributed by atoms with Gasteiger partial charge in [-0.15, -0.1) is 0 Å². The summed E-state index contributed by atoms with van der Waals surface area (Å²) in [5.41, 5.74) is 1.06. The van der Waals surface area contributed by atoms with Crippen molar-refractivity contribution in [2.24, 2.45) is 0 Å². The Morgan fingerprint density at radius 1 is 1.22 bits per heavy atom. The number of carbonyl (C=O) groups is 1. The molecular weight excluding hydrogens is 312 g/mol. The molecule has 0 aliphatic carbocycles. The van der Waals surface area contributed by atoms with Crippen LogP contribution in [0.25, 0.3) is 0 Å². The third-order valence-electron chi connectivity index (χ3n) is 4.84. The van der Waals surface area contributed by atoms with Gasteiger partial charge >= 0.3 is 0 Å². The highest BCUT2D eigenvalue weighted by molar-refractivity contribution is 6.31. The lowest BCUT2D eigenvalue weighted by molar-refractivity contribution is -0.132. The Balaban J connectivity index is 1.52. The molecule has 1 amide bonds. The number of carbonyl (C=O) groups excluding carboxylic acids is 1. The Labute approximate surface area is 143 Å². The molecule has 0 spiro atoms. The van der Waals surface area contributed by atoms with Crippen LogP contribution in [0.3, 0.4) is 0 Å². The van der Waals surface area contributed by atoms with Crippen LogP contribution in [0, 0.1) is 0 Å². The Kier molecular flexibility index (Phi) is 5.92. The minimum absolute atomic E-state index is 0.265. The summed E-state index contributed by atoms with van der Waals surface area (Å²) in [6.07, 6.45) is 3.50. The van der Waals surface area contributed by atoms with Gasteiger partial charge in [0.1, 0.15) is 0 Å². The van der Waals surface area contributed by atoms with Gasteiger partial charge in [-0.05, 0) is 30.9 Å². The number of aryl methyl sites for hydroxylation is 1. The van der Waals surface area contributed by atoms with E-state index in [1.165, 1.54) is 0 Å². The summed E-state index contributed by atoms with van der Waals surface area (Å²) >= 11 is 6.18. The van der Waals surface area contributed by atoms with Crippen molar-refractivity contribution in [3.05, 3.63) is 34.9 Å². The number of likely N-dealkylation sites (tertiary alicyclic amines) is 1. The second-order valence-electron chi connectivity index (χ2n) is 6.39. The molecule has 5 heteroatoms. The van der Waals surface area contributed by atoms with Crippen LogP contribution in [0.2, 0.25) is 5.02 Å². The lowest BCUT2D eigenvalue weighted by Crippen LogP contribution is -2.46. The van der Waals surface area contributed by atoms with E-state index in [0.717, 1.165) is 69.2 Å². The fraction of sp³-hybridized carbons (Fsp3) is 0.611. The van der Waals surface area contributed by atoms with E-state index in [0.29, 0.717) is 12.5 Å². The molecule has 0 aromatic heterocycles. The van der Waals surface area contributed by atoms with Crippen LogP contribution in [0.1, 0.15) is 24.8 Å². The summed E-state index contributed by atoms with van der Waals surface area (Å²) in [5, 5.41) is 0.756. The molecule has 2 heterocycles. The van der Waals surface area contributed by atoms with Gasteiger partial charge in [-0.1, -0.05) is 29.8 Å². The molecule has 0 bridgehead atoms. The van der Waals surface area contributed by atoms with Crippen molar-refractivity contribution in [3.8, 4) is 0 Å². The first kappa shape index (κ1) is 16.7. The Morgan fingerprint density at radius 3 is 2.78 bits per heavy atom. The zero-order chi connectivity index (χ0) is 16.1. The molecular formula is C18H25ClN2O2. The second-order valence-corrected chi connectivity index (χ2v) is 6.79. The molecule has 126 valence electrons. The molecule has 1 aromatic rings. The van der Waals surface area contributed by atoms with Gasteiger partial charge in [-0.2, -0.15) is 0 Å². The number of nitrogens with zero attached hydrogens (tertiary/aromatic N) is 2. The van der Waals surface area contributed by atoms with E-state index in [2.05, 4.69) is 9.80 Å². The van der Waals surface area contributed by atoms with Gasteiger partial charge in [-0.3, -0.25) is 9.69 Å². The highest BCUT2D eigenvalue weighted by Crippen LogP contribution is 2.22. The average molecular weight is 337 g/mol. The van der Waals surface area contributed by atoms with E-state index in [4.69, 9.17) is 16.3 Å². The van der Waals surface area contributed by atoms with Gasteiger partial charge in [0.25, 0.3) is 0 Å². The number of ether oxygens (including phenoxy) is 1. The lowest BCUT2D eigenvalue weighted by atomic mass is 10.1. The number of hydrogen-bond acceptors (Lipinski definition) is 3. The van der Waals surface area contributed by atoms with Crippen LogP contribution >= 0.6 is 11.6 Å². The predicted molar refractivity (Wildman–Crippen MR) is 91.8 cm³/mol. The molecule has 3 rings (SSSR count). The van der Waals surface area contributed by atoms with Gasteiger partial charge in [0.15, 0.2) is 0 Å². The fourth-order valence-electron chi connectivity index (χ4n) is 3.52. The van der Waals surface area contributed by atoms with E-state index in [9.17, 15) is 4.79 Å². The van der Waals surface area contributed by atoms with Gasteiger partial charge < -0.3 is 9.64 Å². The molecule has 1 unspecified atom stereocenters. The number of morpholine rings is 1. The third kappa shape index (κ3) is 4.46. The van der Waals surface area contributed by atoms with Crippen LogP contribution < -0.4 is 0 Å². The molecule has 1 aromatic carbocycles. The Hall–Kier alpha value is -1.10. The van der Waals surface area contributed by atoms with E-state index in [1.807, 2.05) is 24.3 Å². The monoisotopic (exact) mass is 336 g/mol. The molecule has 4 nitrogen and oxygen atoms in total. The fourth-order valence-corrected chi connectivity index (χ4v) is 3.75. The minimum atomic E-state index is 0.265. The van der Waals surface area contributed by atoms with Crippen LogP contribution in [0.5, 0.6) is 0 Å². The van der Waals surface area contributed by atoms with Gasteiger partial charge in [-0.25, -0.2) is 0 Å². The van der Waals surface area contributed by atoms with Crippen LogP contribution in [-0.4, -0.2) is 61.1 Å². The van der Waals surface area contributed by atoms with Crippen LogP contribution in [0.4, 0.5) is 0 Å². The second kappa shape index (κ2) is 8.13. The zero-order valence-electron chi connectivity index (χ0n) is 13.5. The largest absolute Gasteiger partial charge is 0.379 e. The van der Waals surface area contributed by atoms with Crippen molar-refractivity contribution in [2.75, 3.05) is 39.4 Å². The molecule has 0 saturated carbocycles. The first-order valence-corrected chi connectivity index (χ1v) is 8.95. The van der Waals surface area contributed by atoms with Crippen molar-refractivity contribution in [1.82, 2.24) is 9.80 Å². The molecule has 2 saturated heterocycles. The number of hydrogen-bond donors (Lipinski definition) is 0. The van der Waals surface area contributed by atoms with Crippen molar-refractivity contribution < 1.29 is 9.53 Å². The maximum Gasteiger partial charge on any atom is 0.223 e. The quantitative estimate of drug-likeness (QED) is 0.828. The minimum Gasteiger partial charge on any atom is -0.379 e. The smallest absolute Gasteiger partial charge is 0.223 e. The third-order valence-corrected chi connectivity index (χ3v) is 5.20. The molecule has 0 N–H and O–H groups in total. The predicted octanol–water partition coefficient (Wildman–Crippen LogP) is 2.60. The maximum atomic E-state index is 12.6. The highest BCUT2D eigenvalue weighted by atomic mass is 35.5. The SMILES string of the molecule is O=C(CCc1ccccc1Cl)N1CCCC1CN1CCOCC1. The molecule has 2 aliphatic heterocycles. The van der Waals surface area contributed by atoms with Gasteiger partial charge in [0.05, 0.1) is 13.2 Å². The number of halogens is 1. The van der Waals surface area contributed by atoms with E-state index in [-0.39, 0.29) is 5.91 Å². The number of rotatable bonds is 5. The normalized spacial score (nSPS) is 22.5. The first-order valence-electron chi connectivity index (χ1n) is 8.57. The Bertz CT molecular complexity index is 532. The maximum absolute atomic E-state index is 12.6. The van der Waals surface area contributed by atoms with Gasteiger partial charge in [0, 0.05) is 43.7 Å². The van der Waals surface area contributed by atoms with E-state index >= 15 is 0 Å². The molecule has 1 atom stereocenters. The first-order chi connectivity index (χ1) is 11.2. The van der Waals surface area contributed by atoms with Gasteiger partial charge in [0.2, 0.25) is 5.91 Å². The van der Waals surface area contributed by atoms with Crippen LogP contribution in [0.15, 0.2) is 24.3 Å². The highest BCUT2D eigenvalue weighted by Gasteiger charge is 2.30. The summed E-state index contributed by atoms with van der Waals surface area (Å²) in [5.74, 6) is 0.265. The summed E-state index contributed by atoms with van der Waals surface area (Å²) in [6.45, 7) is 5.48. The number of benzene rings is 1. The van der Waals surface area contributed by atoms with Crippen molar-refractivity contribution in [2.45, 2.75) is 31.7 Å². The summed E-state index contributed by atoms with van der Waals surface area (Å²) in [4.78, 5) is 17.1. The average Bonchev–Trinajstić information content (AvgIpc) is 3.03. The lowest BCUT2D eigenvalue weighted by Gasteiger charge is -2.33. The zero-order valence-corrected chi connectivity index (χ0v) is 14.3.